The second-order valence-electron chi connectivity index (χ2n) is 6.76. The maximum Gasteiger partial charge on any atom is 0.312 e. The third-order valence-electron chi connectivity index (χ3n) is 4.53. The number of carbonyl (C=O) groups is 1. The number of allylic oxidation sites excluding steroid dienone is 1. The number of aliphatic hydroxyl groups is 1. The van der Waals surface area contributed by atoms with Gasteiger partial charge in [-0.1, -0.05) is 40.5 Å². The van der Waals surface area contributed by atoms with Crippen molar-refractivity contribution in [2.45, 2.75) is 72.6 Å². The molecular weight excluding hydrogens is 290 g/mol. The minimum atomic E-state index is -0.714. The van der Waals surface area contributed by atoms with Crippen LogP contribution in [0, 0.1) is 5.92 Å². The molecule has 0 bridgehead atoms. The van der Waals surface area contributed by atoms with Gasteiger partial charge in [0.1, 0.15) is 18.2 Å². The summed E-state index contributed by atoms with van der Waals surface area (Å²) in [4.78, 5) is 11.5. The molecule has 0 amide bonds. The van der Waals surface area contributed by atoms with Gasteiger partial charge in [-0.3, -0.25) is 4.79 Å². The van der Waals surface area contributed by atoms with Crippen LogP contribution in [0.5, 0.6) is 0 Å². The summed E-state index contributed by atoms with van der Waals surface area (Å²) in [6.45, 7) is 11.4. The molecule has 0 spiro atoms. The minimum Gasteiger partial charge on any atom is -0.507 e. The van der Waals surface area contributed by atoms with Crippen LogP contribution in [0.4, 0.5) is 0 Å². The average molecular weight is 329 g/mol. The molecule has 0 aliphatic carbocycles. The molecule has 0 radical (unpaired) electrons. The maximum atomic E-state index is 11.5. The van der Waals surface area contributed by atoms with Crippen LogP contribution in [0.25, 0.3) is 0 Å². The van der Waals surface area contributed by atoms with Gasteiger partial charge in [0.2, 0.25) is 0 Å². The van der Waals surface area contributed by atoms with Crippen molar-refractivity contribution in [3.05, 3.63) is 11.8 Å². The number of carboxylic acids is 1. The van der Waals surface area contributed by atoms with Crippen molar-refractivity contribution >= 4 is 5.97 Å². The van der Waals surface area contributed by atoms with E-state index in [0.29, 0.717) is 29.8 Å². The van der Waals surface area contributed by atoms with Crippen molar-refractivity contribution in [1.29, 1.82) is 0 Å². The highest BCUT2D eigenvalue weighted by atomic mass is 16.4. The van der Waals surface area contributed by atoms with E-state index in [-0.39, 0.29) is 5.92 Å². The monoisotopic (exact) mass is 328 g/mol. The summed E-state index contributed by atoms with van der Waals surface area (Å²) in [5.74, 6) is -0.613. The van der Waals surface area contributed by atoms with E-state index in [1.54, 1.807) is 0 Å². The highest BCUT2D eigenvalue weighted by molar-refractivity contribution is 5.69. The molecule has 2 N–H and O–H groups in total. The van der Waals surface area contributed by atoms with Crippen LogP contribution < -0.4 is 0 Å². The predicted octanol–water partition coefficient (Wildman–Crippen LogP) is 4.76. The zero-order valence-corrected chi connectivity index (χ0v) is 15.7. The van der Waals surface area contributed by atoms with Crippen LogP contribution in [0.1, 0.15) is 72.6 Å². The largest absolute Gasteiger partial charge is 0.507 e. The van der Waals surface area contributed by atoms with Crippen molar-refractivity contribution in [3.8, 4) is 0 Å². The van der Waals surface area contributed by atoms with Gasteiger partial charge in [0.05, 0.1) is 19.6 Å². The van der Waals surface area contributed by atoms with Crippen molar-refractivity contribution < 1.29 is 19.5 Å². The SMILES string of the molecule is CCCCC/C=C(\O)C[N+](CCC)(CCC)CC(CC)C(=O)O. The molecule has 4 heteroatoms. The van der Waals surface area contributed by atoms with Gasteiger partial charge in [0, 0.05) is 0 Å². The smallest absolute Gasteiger partial charge is 0.312 e. The second-order valence-corrected chi connectivity index (χ2v) is 6.76. The molecular formula is C19H38NO3+. The molecule has 0 fully saturated rings. The van der Waals surface area contributed by atoms with Crippen LogP contribution in [0.3, 0.4) is 0 Å². The van der Waals surface area contributed by atoms with Gasteiger partial charge in [-0.2, -0.15) is 0 Å². The summed E-state index contributed by atoms with van der Waals surface area (Å²) in [6, 6.07) is 0. The number of unbranched alkanes of at least 4 members (excludes halogenated alkanes) is 3. The van der Waals surface area contributed by atoms with Crippen molar-refractivity contribution in [2.24, 2.45) is 5.92 Å². The van der Waals surface area contributed by atoms with Crippen molar-refractivity contribution in [3.63, 3.8) is 0 Å². The minimum absolute atomic E-state index is 0.332. The van der Waals surface area contributed by atoms with E-state index < -0.39 is 5.97 Å². The fourth-order valence-corrected chi connectivity index (χ4v) is 3.39. The van der Waals surface area contributed by atoms with Crippen LogP contribution in [0.2, 0.25) is 0 Å². The van der Waals surface area contributed by atoms with Gasteiger partial charge in [0.25, 0.3) is 0 Å². The number of hydrogen-bond donors (Lipinski definition) is 2. The third-order valence-corrected chi connectivity index (χ3v) is 4.53. The summed E-state index contributed by atoms with van der Waals surface area (Å²) < 4.78 is 0.688. The lowest BCUT2D eigenvalue weighted by molar-refractivity contribution is -0.927. The van der Waals surface area contributed by atoms with Gasteiger partial charge in [-0.15, -0.1) is 0 Å². The van der Waals surface area contributed by atoms with Crippen LogP contribution in [0.15, 0.2) is 11.8 Å². The Kier molecular flexibility index (Phi) is 11.8. The quantitative estimate of drug-likeness (QED) is 0.275. The lowest BCUT2D eigenvalue weighted by Gasteiger charge is -2.40. The second kappa shape index (κ2) is 12.4. The van der Waals surface area contributed by atoms with E-state index in [9.17, 15) is 15.0 Å². The molecule has 0 rings (SSSR count). The fraction of sp³-hybridized carbons (Fsp3) is 0.842. The Morgan fingerprint density at radius 1 is 1.00 bits per heavy atom. The van der Waals surface area contributed by atoms with E-state index in [0.717, 1.165) is 38.8 Å². The summed E-state index contributed by atoms with van der Waals surface area (Å²) in [6.07, 6.45) is 8.96. The Hall–Kier alpha value is -1.03. The van der Waals surface area contributed by atoms with E-state index in [1.165, 1.54) is 12.8 Å². The number of aliphatic hydroxyl groups excluding tert-OH is 1. The fourth-order valence-electron chi connectivity index (χ4n) is 3.39. The van der Waals surface area contributed by atoms with Gasteiger partial charge in [-0.05, 0) is 38.2 Å². The number of quaternary nitrogens is 1. The summed E-state index contributed by atoms with van der Waals surface area (Å²) in [5.41, 5.74) is 0. The molecule has 0 aliphatic rings. The van der Waals surface area contributed by atoms with Crippen LogP contribution in [-0.2, 0) is 4.79 Å². The predicted molar refractivity (Wildman–Crippen MR) is 96.6 cm³/mol. The molecule has 0 saturated heterocycles. The van der Waals surface area contributed by atoms with Crippen LogP contribution >= 0.6 is 0 Å². The lowest BCUT2D eigenvalue weighted by Crippen LogP contribution is -2.54. The number of rotatable bonds is 14. The van der Waals surface area contributed by atoms with Gasteiger partial charge in [-0.25, -0.2) is 0 Å². The number of nitrogens with zero attached hydrogens (tertiary/aromatic N) is 1. The Bertz CT molecular complexity index is 347. The first kappa shape index (κ1) is 22.0. The normalized spacial score (nSPS) is 14.0. The van der Waals surface area contributed by atoms with E-state index in [4.69, 9.17) is 0 Å². The van der Waals surface area contributed by atoms with E-state index >= 15 is 0 Å². The zero-order chi connectivity index (χ0) is 17.7. The number of carboxylic acid groups (broad SMARTS) is 1. The molecule has 1 atom stereocenters. The average Bonchev–Trinajstić information content (AvgIpc) is 2.49. The van der Waals surface area contributed by atoms with Gasteiger partial charge >= 0.3 is 5.97 Å². The molecule has 0 aliphatic heterocycles. The van der Waals surface area contributed by atoms with Gasteiger partial charge in [0.15, 0.2) is 0 Å². The molecule has 1 unspecified atom stereocenters. The maximum absolute atomic E-state index is 11.5. The first-order valence-electron chi connectivity index (χ1n) is 9.40. The standard InChI is InChI=1S/C19H37NO3/c1-5-9-10-11-12-18(21)16-20(13-6-2,14-7-3)15-17(8-4)19(22)23/h12,17H,5-11,13-16H2,1-4H3,(H-,21,22,23)/p+1/b18-12-. The Balaban J connectivity index is 5.05. The van der Waals surface area contributed by atoms with Gasteiger partial charge < -0.3 is 14.7 Å². The first-order valence-corrected chi connectivity index (χ1v) is 9.40. The Morgan fingerprint density at radius 3 is 2.04 bits per heavy atom. The summed E-state index contributed by atoms with van der Waals surface area (Å²) in [5, 5.41) is 19.8. The Morgan fingerprint density at radius 2 is 1.61 bits per heavy atom. The molecule has 0 aromatic rings. The summed E-state index contributed by atoms with van der Waals surface area (Å²) in [7, 11) is 0. The van der Waals surface area contributed by atoms with E-state index in [2.05, 4.69) is 20.8 Å². The molecule has 0 saturated carbocycles. The molecule has 4 nitrogen and oxygen atoms in total. The molecule has 136 valence electrons. The molecule has 0 heterocycles. The Labute approximate surface area is 142 Å². The number of aliphatic carboxylic acids is 1. The molecule has 23 heavy (non-hydrogen) atoms. The molecule has 0 aromatic carbocycles. The van der Waals surface area contributed by atoms with Crippen LogP contribution in [-0.4, -0.2) is 46.8 Å². The number of hydrogen-bond acceptors (Lipinski definition) is 2. The topological polar surface area (TPSA) is 57.5 Å². The van der Waals surface area contributed by atoms with E-state index in [1.807, 2.05) is 13.0 Å². The zero-order valence-electron chi connectivity index (χ0n) is 15.7. The lowest BCUT2D eigenvalue weighted by atomic mass is 10.0. The van der Waals surface area contributed by atoms with Crippen molar-refractivity contribution in [2.75, 3.05) is 26.2 Å². The summed E-state index contributed by atoms with van der Waals surface area (Å²) >= 11 is 0. The highest BCUT2D eigenvalue weighted by Gasteiger charge is 2.33. The third kappa shape index (κ3) is 8.99. The first-order chi connectivity index (χ1) is 10.9. The highest BCUT2D eigenvalue weighted by Crippen LogP contribution is 2.19. The molecule has 0 aromatic heterocycles. The van der Waals surface area contributed by atoms with Crippen molar-refractivity contribution in [1.82, 2.24) is 0 Å².